The lowest BCUT2D eigenvalue weighted by Gasteiger charge is -2.17. The van der Waals surface area contributed by atoms with Crippen molar-refractivity contribution in [2.75, 3.05) is 6.54 Å². The van der Waals surface area contributed by atoms with Crippen LogP contribution in [0.2, 0.25) is 0 Å². The Morgan fingerprint density at radius 1 is 1.41 bits per heavy atom. The van der Waals surface area contributed by atoms with E-state index >= 15 is 0 Å². The maximum Gasteiger partial charge on any atom is 0.224 e. The lowest BCUT2D eigenvalue weighted by atomic mass is 9.95. The standard InChI is InChI=1S/C13H22N2OS/c1-4-10-5-6-11(17-10)8-15-13(16)12(7-14)9(2)3/h5-6,9,12H,4,7-8,14H2,1-3H3,(H,15,16). The van der Waals surface area contributed by atoms with Crippen molar-refractivity contribution in [3.8, 4) is 0 Å². The second-order valence-corrected chi connectivity index (χ2v) is 5.78. The van der Waals surface area contributed by atoms with E-state index in [0.29, 0.717) is 13.1 Å². The van der Waals surface area contributed by atoms with Crippen molar-refractivity contribution < 1.29 is 4.79 Å². The van der Waals surface area contributed by atoms with Gasteiger partial charge in [-0.15, -0.1) is 11.3 Å². The Hall–Kier alpha value is -0.870. The van der Waals surface area contributed by atoms with Gasteiger partial charge in [-0.05, 0) is 24.5 Å². The van der Waals surface area contributed by atoms with Crippen LogP contribution in [0.25, 0.3) is 0 Å². The quantitative estimate of drug-likeness (QED) is 0.817. The zero-order chi connectivity index (χ0) is 12.8. The van der Waals surface area contributed by atoms with Gasteiger partial charge in [-0.25, -0.2) is 0 Å². The number of carbonyl (C=O) groups excluding carboxylic acids is 1. The molecule has 0 spiro atoms. The number of rotatable bonds is 6. The maximum absolute atomic E-state index is 11.9. The second-order valence-electron chi connectivity index (χ2n) is 4.53. The summed E-state index contributed by atoms with van der Waals surface area (Å²) in [6.45, 7) is 7.22. The van der Waals surface area contributed by atoms with Gasteiger partial charge in [0.25, 0.3) is 0 Å². The molecule has 0 bridgehead atoms. The predicted octanol–water partition coefficient (Wildman–Crippen LogP) is 2.16. The first-order valence-electron chi connectivity index (χ1n) is 6.13. The summed E-state index contributed by atoms with van der Waals surface area (Å²) in [6, 6.07) is 4.20. The zero-order valence-corrected chi connectivity index (χ0v) is 11.6. The third-order valence-corrected chi connectivity index (χ3v) is 4.13. The van der Waals surface area contributed by atoms with Gasteiger partial charge >= 0.3 is 0 Å². The Bertz CT molecular complexity index is 360. The molecule has 0 fully saturated rings. The summed E-state index contributed by atoms with van der Waals surface area (Å²) < 4.78 is 0. The minimum absolute atomic E-state index is 0.0638. The molecular formula is C13H22N2OS. The third kappa shape index (κ3) is 4.13. The van der Waals surface area contributed by atoms with Crippen molar-refractivity contribution in [1.82, 2.24) is 5.32 Å². The highest BCUT2D eigenvalue weighted by molar-refractivity contribution is 7.11. The average molecular weight is 254 g/mol. The molecule has 1 rings (SSSR count). The van der Waals surface area contributed by atoms with E-state index in [0.717, 1.165) is 6.42 Å². The molecule has 0 saturated heterocycles. The molecule has 0 aliphatic rings. The molecule has 4 heteroatoms. The summed E-state index contributed by atoms with van der Waals surface area (Å²) >= 11 is 1.76. The molecule has 0 radical (unpaired) electrons. The van der Waals surface area contributed by atoms with Crippen LogP contribution in [0.15, 0.2) is 12.1 Å². The molecule has 1 aromatic heterocycles. The first-order valence-corrected chi connectivity index (χ1v) is 6.95. The smallest absolute Gasteiger partial charge is 0.224 e. The van der Waals surface area contributed by atoms with E-state index in [9.17, 15) is 4.79 Å². The highest BCUT2D eigenvalue weighted by Crippen LogP contribution is 2.17. The topological polar surface area (TPSA) is 55.1 Å². The number of amides is 1. The number of nitrogens with two attached hydrogens (primary N) is 1. The van der Waals surface area contributed by atoms with Crippen LogP contribution in [0.5, 0.6) is 0 Å². The molecule has 1 heterocycles. The van der Waals surface area contributed by atoms with Crippen molar-refractivity contribution in [2.45, 2.75) is 33.7 Å². The van der Waals surface area contributed by atoms with Gasteiger partial charge in [0.2, 0.25) is 5.91 Å². The van der Waals surface area contributed by atoms with Crippen molar-refractivity contribution in [3.63, 3.8) is 0 Å². The average Bonchev–Trinajstić information content (AvgIpc) is 2.74. The molecule has 0 aliphatic carbocycles. The molecular weight excluding hydrogens is 232 g/mol. The lowest BCUT2D eigenvalue weighted by Crippen LogP contribution is -2.37. The van der Waals surface area contributed by atoms with Gasteiger partial charge < -0.3 is 11.1 Å². The maximum atomic E-state index is 11.9. The van der Waals surface area contributed by atoms with Crippen LogP contribution >= 0.6 is 11.3 Å². The zero-order valence-electron chi connectivity index (χ0n) is 10.8. The largest absolute Gasteiger partial charge is 0.351 e. The van der Waals surface area contributed by atoms with Gasteiger partial charge in [0.1, 0.15) is 0 Å². The van der Waals surface area contributed by atoms with Crippen molar-refractivity contribution in [1.29, 1.82) is 0 Å². The second kappa shape index (κ2) is 6.77. The van der Waals surface area contributed by atoms with Crippen LogP contribution in [-0.4, -0.2) is 12.5 Å². The lowest BCUT2D eigenvalue weighted by molar-refractivity contribution is -0.126. The van der Waals surface area contributed by atoms with E-state index in [1.807, 2.05) is 13.8 Å². The fourth-order valence-corrected chi connectivity index (χ4v) is 2.59. The Balaban J connectivity index is 2.47. The third-order valence-electron chi connectivity index (χ3n) is 2.90. The van der Waals surface area contributed by atoms with Crippen LogP contribution in [0.1, 0.15) is 30.5 Å². The number of thiophene rings is 1. The van der Waals surface area contributed by atoms with Gasteiger partial charge in [-0.2, -0.15) is 0 Å². The molecule has 1 amide bonds. The SMILES string of the molecule is CCc1ccc(CNC(=O)C(CN)C(C)C)s1. The Labute approximate surface area is 107 Å². The molecule has 0 saturated carbocycles. The number of hydrogen-bond donors (Lipinski definition) is 2. The molecule has 0 aromatic carbocycles. The fraction of sp³-hybridized carbons (Fsp3) is 0.615. The van der Waals surface area contributed by atoms with Crippen molar-refractivity contribution in [3.05, 3.63) is 21.9 Å². The van der Waals surface area contributed by atoms with Crippen LogP contribution in [0.3, 0.4) is 0 Å². The Morgan fingerprint density at radius 3 is 2.53 bits per heavy atom. The summed E-state index contributed by atoms with van der Waals surface area (Å²) in [5.41, 5.74) is 5.61. The summed E-state index contributed by atoms with van der Waals surface area (Å²) in [4.78, 5) is 14.4. The van der Waals surface area contributed by atoms with Crippen LogP contribution in [0, 0.1) is 11.8 Å². The predicted molar refractivity (Wildman–Crippen MR) is 72.9 cm³/mol. The molecule has 0 aliphatic heterocycles. The molecule has 1 aromatic rings. The summed E-state index contributed by atoms with van der Waals surface area (Å²) in [5, 5.41) is 2.96. The summed E-state index contributed by atoms with van der Waals surface area (Å²) in [7, 11) is 0. The molecule has 3 N–H and O–H groups in total. The van der Waals surface area contributed by atoms with E-state index in [1.165, 1.54) is 9.75 Å². The van der Waals surface area contributed by atoms with Crippen molar-refractivity contribution in [2.24, 2.45) is 17.6 Å². The number of carbonyl (C=O) groups is 1. The normalized spacial score (nSPS) is 12.8. The number of nitrogens with one attached hydrogen (secondary N) is 1. The molecule has 17 heavy (non-hydrogen) atoms. The van der Waals surface area contributed by atoms with E-state index < -0.39 is 0 Å². The van der Waals surface area contributed by atoms with Crippen molar-refractivity contribution >= 4 is 17.2 Å². The van der Waals surface area contributed by atoms with Crippen LogP contribution in [-0.2, 0) is 17.8 Å². The minimum atomic E-state index is -0.0828. The minimum Gasteiger partial charge on any atom is -0.351 e. The van der Waals surface area contributed by atoms with E-state index in [-0.39, 0.29) is 17.7 Å². The van der Waals surface area contributed by atoms with Gasteiger partial charge in [0.05, 0.1) is 12.5 Å². The Kier molecular flexibility index (Phi) is 5.65. The number of hydrogen-bond acceptors (Lipinski definition) is 3. The van der Waals surface area contributed by atoms with E-state index in [2.05, 4.69) is 24.4 Å². The highest BCUT2D eigenvalue weighted by Gasteiger charge is 2.19. The molecule has 1 atom stereocenters. The molecule has 96 valence electrons. The van der Waals surface area contributed by atoms with E-state index in [1.54, 1.807) is 11.3 Å². The van der Waals surface area contributed by atoms with Crippen LogP contribution < -0.4 is 11.1 Å². The monoisotopic (exact) mass is 254 g/mol. The number of aryl methyl sites for hydroxylation is 1. The molecule has 3 nitrogen and oxygen atoms in total. The first kappa shape index (κ1) is 14.2. The van der Waals surface area contributed by atoms with Gasteiger partial charge in [0, 0.05) is 16.3 Å². The summed E-state index contributed by atoms with van der Waals surface area (Å²) in [5.74, 6) is 0.268. The van der Waals surface area contributed by atoms with Gasteiger partial charge in [0.15, 0.2) is 0 Å². The first-order chi connectivity index (χ1) is 8.08. The van der Waals surface area contributed by atoms with Crippen LogP contribution in [0.4, 0.5) is 0 Å². The van der Waals surface area contributed by atoms with Gasteiger partial charge in [-0.3, -0.25) is 4.79 Å². The molecule has 1 unspecified atom stereocenters. The fourth-order valence-electron chi connectivity index (χ4n) is 1.69. The highest BCUT2D eigenvalue weighted by atomic mass is 32.1. The van der Waals surface area contributed by atoms with E-state index in [4.69, 9.17) is 5.73 Å². The van der Waals surface area contributed by atoms with Gasteiger partial charge in [-0.1, -0.05) is 20.8 Å². The Morgan fingerprint density at radius 2 is 2.06 bits per heavy atom. The summed E-state index contributed by atoms with van der Waals surface area (Å²) in [6.07, 6.45) is 1.05.